The van der Waals surface area contributed by atoms with Crippen LogP contribution >= 0.6 is 0 Å². The molecule has 3 N–H and O–H groups in total. The van der Waals surface area contributed by atoms with E-state index in [-0.39, 0.29) is 5.91 Å². The van der Waals surface area contributed by atoms with Gasteiger partial charge in [0, 0.05) is 25.8 Å². The van der Waals surface area contributed by atoms with Gasteiger partial charge in [0.05, 0.1) is 0 Å². The first-order valence-electron chi connectivity index (χ1n) is 14.2. The van der Waals surface area contributed by atoms with Gasteiger partial charge in [0.1, 0.15) is 0 Å². The maximum absolute atomic E-state index is 11.7. The highest BCUT2D eigenvalue weighted by Gasteiger charge is 2.00. The summed E-state index contributed by atoms with van der Waals surface area (Å²) in [6.07, 6.45) is 26.5. The zero-order valence-corrected chi connectivity index (χ0v) is 22.0. The summed E-state index contributed by atoms with van der Waals surface area (Å²) in [6, 6.07) is 0. The summed E-state index contributed by atoms with van der Waals surface area (Å²) >= 11 is 0. The van der Waals surface area contributed by atoms with Crippen molar-refractivity contribution in [2.75, 3.05) is 13.1 Å². The van der Waals surface area contributed by atoms with Gasteiger partial charge in [0.2, 0.25) is 5.91 Å². The Bertz CT molecular complexity index is 535. The van der Waals surface area contributed by atoms with Crippen molar-refractivity contribution < 1.29 is 4.79 Å². The summed E-state index contributed by atoms with van der Waals surface area (Å²) in [7, 11) is 0. The normalized spacial score (nSPS) is 10.2. The molecule has 0 spiro atoms. The van der Waals surface area contributed by atoms with Crippen molar-refractivity contribution in [1.82, 2.24) is 5.32 Å². The molecule has 0 aliphatic carbocycles. The molecule has 0 unspecified atom stereocenters. The van der Waals surface area contributed by atoms with E-state index in [2.05, 4.69) is 35.9 Å². The van der Waals surface area contributed by atoms with E-state index >= 15 is 0 Å². The van der Waals surface area contributed by atoms with Crippen LogP contribution < -0.4 is 11.1 Å². The third-order valence-electron chi connectivity index (χ3n) is 6.05. The molecule has 0 rings (SSSR count). The molecule has 0 fully saturated rings. The van der Waals surface area contributed by atoms with E-state index in [4.69, 9.17) is 5.73 Å². The molecule has 3 heteroatoms. The molecular formula is C30H54N2O. The summed E-state index contributed by atoms with van der Waals surface area (Å²) in [6.45, 7) is 3.82. The summed E-state index contributed by atoms with van der Waals surface area (Å²) in [4.78, 5) is 11.7. The van der Waals surface area contributed by atoms with Gasteiger partial charge >= 0.3 is 0 Å². The summed E-state index contributed by atoms with van der Waals surface area (Å²) in [5.74, 6) is 12.6. The number of rotatable bonds is 23. The van der Waals surface area contributed by atoms with Gasteiger partial charge in [-0.1, -0.05) is 109 Å². The van der Waals surface area contributed by atoms with Crippen LogP contribution in [0, 0.1) is 23.7 Å². The largest absolute Gasteiger partial charge is 0.356 e. The standard InChI is InChI=1S/C30H54N2O/c1-2-3-4-5-6-7-8-9-10-11-12-13-14-15-16-17-18-19-20-21-22-24-27-30(33)32-29-26-23-25-28-31/h2-12,17-29,31H2,1H3,(H,32,33). The van der Waals surface area contributed by atoms with Crippen LogP contribution in [0.1, 0.15) is 148 Å². The van der Waals surface area contributed by atoms with E-state index < -0.39 is 0 Å². The summed E-state index contributed by atoms with van der Waals surface area (Å²) in [5, 5.41) is 3.00. The van der Waals surface area contributed by atoms with Crippen LogP contribution in [0.15, 0.2) is 0 Å². The number of nitrogens with one attached hydrogen (secondary N) is 1. The fourth-order valence-corrected chi connectivity index (χ4v) is 3.88. The van der Waals surface area contributed by atoms with Crippen LogP contribution in [0.3, 0.4) is 0 Å². The third kappa shape index (κ3) is 28.5. The molecule has 0 radical (unpaired) electrons. The predicted octanol–water partition coefficient (Wildman–Crippen LogP) is 7.67. The van der Waals surface area contributed by atoms with Crippen molar-refractivity contribution in [3.63, 3.8) is 0 Å². The minimum atomic E-state index is 0.201. The molecule has 0 saturated carbocycles. The van der Waals surface area contributed by atoms with Crippen molar-refractivity contribution in [3.05, 3.63) is 0 Å². The Morgan fingerprint density at radius 3 is 1.58 bits per heavy atom. The molecule has 0 aromatic rings. The van der Waals surface area contributed by atoms with Gasteiger partial charge < -0.3 is 11.1 Å². The summed E-state index contributed by atoms with van der Waals surface area (Å²) < 4.78 is 0. The van der Waals surface area contributed by atoms with Gasteiger partial charge in [0.15, 0.2) is 0 Å². The third-order valence-corrected chi connectivity index (χ3v) is 6.05. The van der Waals surface area contributed by atoms with Gasteiger partial charge in [-0.2, -0.15) is 0 Å². The Labute approximate surface area is 206 Å². The van der Waals surface area contributed by atoms with E-state index in [1.807, 2.05) is 0 Å². The lowest BCUT2D eigenvalue weighted by Gasteiger charge is -2.05. The first-order valence-corrected chi connectivity index (χ1v) is 14.2. The lowest BCUT2D eigenvalue weighted by Crippen LogP contribution is -2.24. The lowest BCUT2D eigenvalue weighted by molar-refractivity contribution is -0.121. The second-order valence-electron chi connectivity index (χ2n) is 9.36. The van der Waals surface area contributed by atoms with Crippen LogP contribution in [0.2, 0.25) is 0 Å². The maximum Gasteiger partial charge on any atom is 0.219 e. The molecule has 0 aromatic carbocycles. The van der Waals surface area contributed by atoms with Crippen molar-refractivity contribution >= 4 is 5.91 Å². The molecule has 0 atom stereocenters. The molecule has 0 bridgehead atoms. The number of unbranched alkanes of at least 4 members (excludes halogenated alkanes) is 18. The quantitative estimate of drug-likeness (QED) is 0.122. The minimum Gasteiger partial charge on any atom is -0.356 e. The molecule has 0 aliphatic rings. The Morgan fingerprint density at radius 2 is 1.06 bits per heavy atom. The Morgan fingerprint density at radius 1 is 0.606 bits per heavy atom. The smallest absolute Gasteiger partial charge is 0.219 e. The van der Waals surface area contributed by atoms with Crippen LogP contribution in [0.5, 0.6) is 0 Å². The molecule has 1 amide bonds. The number of nitrogens with two attached hydrogens (primary N) is 1. The maximum atomic E-state index is 11.7. The number of hydrogen-bond donors (Lipinski definition) is 2. The highest BCUT2D eigenvalue weighted by Crippen LogP contribution is 2.11. The van der Waals surface area contributed by atoms with Gasteiger partial charge in [-0.25, -0.2) is 0 Å². The lowest BCUT2D eigenvalue weighted by atomic mass is 10.1. The zero-order valence-electron chi connectivity index (χ0n) is 22.0. The minimum absolute atomic E-state index is 0.201. The molecule has 0 heterocycles. The average Bonchev–Trinajstić information content (AvgIpc) is 2.82. The fraction of sp³-hybridized carbons (Fsp3) is 0.833. The van der Waals surface area contributed by atoms with E-state index in [9.17, 15) is 4.79 Å². The first-order chi connectivity index (χ1) is 16.3. The molecule has 0 saturated heterocycles. The molecule has 3 nitrogen and oxygen atoms in total. The second kappa shape index (κ2) is 28.6. The highest BCUT2D eigenvalue weighted by atomic mass is 16.1. The summed E-state index contributed by atoms with van der Waals surface area (Å²) in [5.41, 5.74) is 5.46. The predicted molar refractivity (Wildman–Crippen MR) is 145 cm³/mol. The number of carbonyl (C=O) groups is 1. The number of carbonyl (C=O) groups excluding carboxylic acids is 1. The van der Waals surface area contributed by atoms with E-state index in [0.29, 0.717) is 6.42 Å². The molecule has 190 valence electrons. The van der Waals surface area contributed by atoms with E-state index in [1.54, 1.807) is 0 Å². The Kier molecular flexibility index (Phi) is 27.3. The van der Waals surface area contributed by atoms with Crippen molar-refractivity contribution in [2.45, 2.75) is 148 Å². The van der Waals surface area contributed by atoms with Crippen molar-refractivity contribution in [1.29, 1.82) is 0 Å². The SMILES string of the molecule is CCCCCCCCCCCCC#CC#CCCCCCCCCC(=O)NCCCCCN. The van der Waals surface area contributed by atoms with Gasteiger partial charge in [-0.15, -0.1) is 0 Å². The van der Waals surface area contributed by atoms with Gasteiger partial charge in [-0.3, -0.25) is 4.79 Å². The monoisotopic (exact) mass is 458 g/mol. The fourth-order valence-electron chi connectivity index (χ4n) is 3.88. The molecule has 33 heavy (non-hydrogen) atoms. The van der Waals surface area contributed by atoms with E-state index in [1.165, 1.54) is 83.5 Å². The second-order valence-corrected chi connectivity index (χ2v) is 9.36. The van der Waals surface area contributed by atoms with Crippen molar-refractivity contribution in [2.24, 2.45) is 5.73 Å². The molecular weight excluding hydrogens is 404 g/mol. The molecule has 0 aromatic heterocycles. The molecule has 0 aliphatic heterocycles. The Hall–Kier alpha value is -1.45. The zero-order chi connectivity index (χ0) is 24.1. The van der Waals surface area contributed by atoms with E-state index in [0.717, 1.165) is 64.5 Å². The number of amides is 1. The van der Waals surface area contributed by atoms with Gasteiger partial charge in [0.25, 0.3) is 0 Å². The van der Waals surface area contributed by atoms with Crippen LogP contribution in [-0.4, -0.2) is 19.0 Å². The van der Waals surface area contributed by atoms with Crippen LogP contribution in [0.4, 0.5) is 0 Å². The van der Waals surface area contributed by atoms with Crippen molar-refractivity contribution in [3.8, 4) is 23.7 Å². The highest BCUT2D eigenvalue weighted by molar-refractivity contribution is 5.75. The number of hydrogen-bond acceptors (Lipinski definition) is 2. The van der Waals surface area contributed by atoms with Gasteiger partial charge in [-0.05, 0) is 50.5 Å². The topological polar surface area (TPSA) is 55.1 Å². The Balaban J connectivity index is 3.30. The average molecular weight is 459 g/mol. The first kappa shape index (κ1) is 31.6. The van der Waals surface area contributed by atoms with Crippen LogP contribution in [0.25, 0.3) is 0 Å². The van der Waals surface area contributed by atoms with Crippen LogP contribution in [-0.2, 0) is 4.79 Å².